The van der Waals surface area contributed by atoms with Crippen molar-refractivity contribution in [2.45, 2.75) is 33.2 Å². The van der Waals surface area contributed by atoms with Gasteiger partial charge >= 0.3 is 0 Å². The Morgan fingerprint density at radius 1 is 1.21 bits per heavy atom. The van der Waals surface area contributed by atoms with E-state index in [1.165, 1.54) is 0 Å². The summed E-state index contributed by atoms with van der Waals surface area (Å²) in [6.07, 6.45) is 0.453. The van der Waals surface area contributed by atoms with Gasteiger partial charge in [-0.25, -0.2) is 17.5 Å². The predicted molar refractivity (Wildman–Crippen MR) is 93.5 cm³/mol. The summed E-state index contributed by atoms with van der Waals surface area (Å²) in [4.78, 5) is 0. The maximum Gasteiger partial charge on any atom is 0.212 e. The molecule has 1 aromatic rings. The lowest BCUT2D eigenvalue weighted by Gasteiger charge is -2.16. The number of rotatable bonds is 12. The van der Waals surface area contributed by atoms with Crippen molar-refractivity contribution < 1.29 is 22.3 Å². The molecule has 0 saturated carbocycles. The molecular formula is C17H28FNO4S. The van der Waals surface area contributed by atoms with Crippen LogP contribution < -0.4 is 9.46 Å². The Bertz CT molecular complexity index is 578. The Balaban J connectivity index is 2.48. The molecule has 1 rings (SSSR count). The molecule has 1 atom stereocenters. The van der Waals surface area contributed by atoms with Gasteiger partial charge in [-0.1, -0.05) is 26.0 Å². The summed E-state index contributed by atoms with van der Waals surface area (Å²) in [6.45, 7) is 6.35. The summed E-state index contributed by atoms with van der Waals surface area (Å²) in [7, 11) is -3.39. The van der Waals surface area contributed by atoms with Crippen molar-refractivity contribution in [3.8, 4) is 5.75 Å². The Morgan fingerprint density at radius 3 is 2.62 bits per heavy atom. The fourth-order valence-electron chi connectivity index (χ4n) is 2.10. The summed E-state index contributed by atoms with van der Waals surface area (Å²) in [6, 6.07) is 6.61. The second-order valence-electron chi connectivity index (χ2n) is 6.09. The number of nitrogens with one attached hydrogen (secondary N) is 1. The van der Waals surface area contributed by atoms with Gasteiger partial charge in [0.15, 0.2) is 0 Å². The van der Waals surface area contributed by atoms with Crippen molar-refractivity contribution in [3.63, 3.8) is 0 Å². The Labute approximate surface area is 144 Å². The maximum atomic E-state index is 12.2. The van der Waals surface area contributed by atoms with Gasteiger partial charge in [-0.2, -0.15) is 0 Å². The highest BCUT2D eigenvalue weighted by Crippen LogP contribution is 2.20. The molecule has 7 heteroatoms. The maximum absolute atomic E-state index is 12.2. The van der Waals surface area contributed by atoms with Crippen LogP contribution in [0.25, 0.3) is 0 Å². The zero-order valence-corrected chi connectivity index (χ0v) is 15.4. The zero-order valence-electron chi connectivity index (χ0n) is 14.6. The summed E-state index contributed by atoms with van der Waals surface area (Å²) in [5.41, 5.74) is 0.769. The zero-order chi connectivity index (χ0) is 18.0. The molecule has 0 aliphatic heterocycles. The van der Waals surface area contributed by atoms with Gasteiger partial charge in [0.1, 0.15) is 19.0 Å². The first kappa shape index (κ1) is 20.9. The van der Waals surface area contributed by atoms with Crippen LogP contribution in [0.1, 0.15) is 38.8 Å². The molecule has 0 radical (unpaired) electrons. The smallest absolute Gasteiger partial charge is 0.212 e. The van der Waals surface area contributed by atoms with Crippen LogP contribution in [0.5, 0.6) is 5.75 Å². The van der Waals surface area contributed by atoms with Crippen LogP contribution in [0.4, 0.5) is 4.39 Å². The first-order valence-corrected chi connectivity index (χ1v) is 9.85. The lowest BCUT2D eigenvalue weighted by atomic mass is 10.1. The van der Waals surface area contributed by atoms with Crippen molar-refractivity contribution >= 4 is 10.0 Å². The average Bonchev–Trinajstić information content (AvgIpc) is 2.52. The van der Waals surface area contributed by atoms with Gasteiger partial charge in [-0.3, -0.25) is 0 Å². The fourth-order valence-corrected chi connectivity index (χ4v) is 3.39. The lowest BCUT2D eigenvalue weighted by Crippen LogP contribution is -2.29. The normalized spacial score (nSPS) is 13.2. The van der Waals surface area contributed by atoms with Gasteiger partial charge in [0, 0.05) is 19.3 Å². The summed E-state index contributed by atoms with van der Waals surface area (Å²) in [5, 5.41) is 0. The SMILES string of the molecule is CC(C)COCCCS(=O)(=O)N[C@H](C)c1cccc(OCCF)c1. The van der Waals surface area contributed by atoms with E-state index in [2.05, 4.69) is 4.72 Å². The van der Waals surface area contributed by atoms with Gasteiger partial charge in [-0.05, 0) is 37.0 Å². The molecular weight excluding hydrogens is 333 g/mol. The second-order valence-corrected chi connectivity index (χ2v) is 7.96. The lowest BCUT2D eigenvalue weighted by molar-refractivity contribution is 0.111. The standard InChI is InChI=1S/C17H28FNO4S/c1-14(2)13-22-9-5-11-24(20,21)19-15(3)16-6-4-7-17(12-16)23-10-8-18/h4,6-7,12,14-15,19H,5,8-11,13H2,1-3H3/t15-/m1/s1. The van der Waals surface area contributed by atoms with Crippen molar-refractivity contribution in [1.29, 1.82) is 0 Å². The topological polar surface area (TPSA) is 64.6 Å². The number of alkyl halides is 1. The van der Waals surface area contributed by atoms with Crippen LogP contribution in [-0.2, 0) is 14.8 Å². The minimum atomic E-state index is -3.39. The van der Waals surface area contributed by atoms with Gasteiger partial charge in [0.25, 0.3) is 0 Å². The first-order chi connectivity index (χ1) is 11.3. The van der Waals surface area contributed by atoms with E-state index in [1.54, 1.807) is 31.2 Å². The van der Waals surface area contributed by atoms with Crippen molar-refractivity contribution in [3.05, 3.63) is 29.8 Å². The minimum Gasteiger partial charge on any atom is -0.491 e. The number of hydrogen-bond donors (Lipinski definition) is 1. The molecule has 0 unspecified atom stereocenters. The van der Waals surface area contributed by atoms with Gasteiger partial charge in [-0.15, -0.1) is 0 Å². The summed E-state index contributed by atoms with van der Waals surface area (Å²) < 4.78 is 49.6. The Kier molecular flexibility index (Phi) is 9.25. The molecule has 0 aliphatic rings. The number of sulfonamides is 1. The molecule has 24 heavy (non-hydrogen) atoms. The van der Waals surface area contributed by atoms with E-state index in [-0.39, 0.29) is 18.4 Å². The van der Waals surface area contributed by atoms with E-state index < -0.39 is 16.7 Å². The molecule has 1 aromatic carbocycles. The van der Waals surface area contributed by atoms with E-state index in [1.807, 2.05) is 13.8 Å². The predicted octanol–water partition coefficient (Wildman–Crippen LogP) is 3.08. The molecule has 0 amide bonds. The van der Waals surface area contributed by atoms with Gasteiger partial charge in [0.05, 0.1) is 5.75 Å². The molecule has 0 aliphatic carbocycles. The summed E-state index contributed by atoms with van der Waals surface area (Å²) in [5.74, 6) is 0.984. The van der Waals surface area contributed by atoms with Crippen LogP contribution in [0, 0.1) is 5.92 Å². The van der Waals surface area contributed by atoms with Crippen LogP contribution in [-0.4, -0.2) is 40.7 Å². The molecule has 0 aromatic heterocycles. The highest BCUT2D eigenvalue weighted by Gasteiger charge is 2.16. The van der Waals surface area contributed by atoms with E-state index in [4.69, 9.17) is 9.47 Å². The van der Waals surface area contributed by atoms with E-state index in [0.717, 1.165) is 5.56 Å². The molecule has 0 spiro atoms. The number of ether oxygens (including phenoxy) is 2. The van der Waals surface area contributed by atoms with E-state index in [9.17, 15) is 12.8 Å². The highest BCUT2D eigenvalue weighted by molar-refractivity contribution is 7.89. The molecule has 1 N–H and O–H groups in total. The van der Waals surface area contributed by atoms with E-state index in [0.29, 0.717) is 31.3 Å². The van der Waals surface area contributed by atoms with Gasteiger partial charge < -0.3 is 9.47 Å². The first-order valence-electron chi connectivity index (χ1n) is 8.20. The molecule has 5 nitrogen and oxygen atoms in total. The second kappa shape index (κ2) is 10.6. The summed E-state index contributed by atoms with van der Waals surface area (Å²) >= 11 is 0. The van der Waals surface area contributed by atoms with E-state index >= 15 is 0 Å². The Morgan fingerprint density at radius 2 is 1.96 bits per heavy atom. The van der Waals surface area contributed by atoms with Crippen LogP contribution in [0.15, 0.2) is 24.3 Å². The third-order valence-corrected chi connectivity index (χ3v) is 4.75. The van der Waals surface area contributed by atoms with Crippen molar-refractivity contribution in [2.24, 2.45) is 5.92 Å². The average molecular weight is 361 g/mol. The van der Waals surface area contributed by atoms with Crippen LogP contribution in [0.3, 0.4) is 0 Å². The van der Waals surface area contributed by atoms with Gasteiger partial charge in [0.2, 0.25) is 10.0 Å². The molecule has 0 fully saturated rings. The number of halogens is 1. The quantitative estimate of drug-likeness (QED) is 0.581. The number of hydrogen-bond acceptors (Lipinski definition) is 4. The van der Waals surface area contributed by atoms with Crippen LogP contribution >= 0.6 is 0 Å². The largest absolute Gasteiger partial charge is 0.491 e. The third-order valence-electron chi connectivity index (χ3n) is 3.21. The molecule has 0 bridgehead atoms. The number of benzene rings is 1. The molecule has 0 heterocycles. The monoisotopic (exact) mass is 361 g/mol. The fraction of sp³-hybridized carbons (Fsp3) is 0.647. The minimum absolute atomic E-state index is 0.0139. The van der Waals surface area contributed by atoms with Crippen LogP contribution in [0.2, 0.25) is 0 Å². The van der Waals surface area contributed by atoms with Crippen molar-refractivity contribution in [1.82, 2.24) is 4.72 Å². The highest BCUT2D eigenvalue weighted by atomic mass is 32.2. The molecule has 138 valence electrons. The Hall–Kier alpha value is -1.18. The third kappa shape index (κ3) is 8.61. The molecule has 0 saturated heterocycles. The van der Waals surface area contributed by atoms with Crippen molar-refractivity contribution in [2.75, 3.05) is 32.2 Å².